The summed E-state index contributed by atoms with van der Waals surface area (Å²) in [6.45, 7) is 3.64. The summed E-state index contributed by atoms with van der Waals surface area (Å²) in [5, 5.41) is -3.18. The maximum atomic E-state index is 12.3. The van der Waals surface area contributed by atoms with Gasteiger partial charge < -0.3 is 0 Å². The molecule has 0 bridgehead atoms. The summed E-state index contributed by atoms with van der Waals surface area (Å²) in [5.41, 5.74) is -1.49. The third kappa shape index (κ3) is 4.28. The highest BCUT2D eigenvalue weighted by Gasteiger charge is 2.42. The molecule has 8 heteroatoms. The Kier molecular flexibility index (Phi) is 5.04. The molecule has 106 valence electrons. The normalized spacial score (nSPS) is 16.6. The number of allylic oxidation sites excluding steroid dienone is 1. The van der Waals surface area contributed by atoms with Crippen LogP contribution in [-0.2, 0) is 14.6 Å². The Morgan fingerprint density at radius 3 is 1.89 bits per heavy atom. The number of rotatable bonds is 4. The van der Waals surface area contributed by atoms with Crippen LogP contribution in [-0.4, -0.2) is 31.9 Å². The average Bonchev–Trinajstić information content (AvgIpc) is 2.09. The van der Waals surface area contributed by atoms with Crippen molar-refractivity contribution in [3.05, 3.63) is 11.1 Å². The van der Waals surface area contributed by atoms with Gasteiger partial charge in [-0.1, -0.05) is 25.4 Å². The summed E-state index contributed by atoms with van der Waals surface area (Å²) >= 11 is 5.03. The number of alkyl halides is 3. The molecule has 0 aromatic carbocycles. The molecule has 0 spiro atoms. The lowest BCUT2D eigenvalue weighted by molar-refractivity contribution is -0.124. The molecule has 0 N–H and O–H groups in total. The zero-order valence-electron chi connectivity index (χ0n) is 10.3. The fraction of sp³-hybridized carbons (Fsp3) is 0.700. The number of halogens is 4. The highest BCUT2D eigenvalue weighted by Crippen LogP contribution is 2.34. The van der Waals surface area contributed by atoms with E-state index in [4.69, 9.17) is 11.6 Å². The van der Waals surface area contributed by atoms with Crippen molar-refractivity contribution >= 4 is 27.2 Å². The van der Waals surface area contributed by atoms with E-state index >= 15 is 0 Å². The van der Waals surface area contributed by atoms with Crippen molar-refractivity contribution < 1.29 is 26.4 Å². The summed E-state index contributed by atoms with van der Waals surface area (Å²) in [6, 6.07) is 0. The minimum atomic E-state index is -4.84. The van der Waals surface area contributed by atoms with Crippen molar-refractivity contribution in [3.8, 4) is 0 Å². The van der Waals surface area contributed by atoms with Crippen LogP contribution in [0.4, 0.5) is 13.2 Å². The Morgan fingerprint density at radius 2 is 1.67 bits per heavy atom. The quantitative estimate of drug-likeness (QED) is 0.802. The van der Waals surface area contributed by atoms with Crippen molar-refractivity contribution in [1.29, 1.82) is 0 Å². The molecule has 0 rings (SSSR count). The molecule has 0 aliphatic rings. The first-order chi connectivity index (χ1) is 7.70. The molecule has 3 nitrogen and oxygen atoms in total. The van der Waals surface area contributed by atoms with Gasteiger partial charge in [-0.05, 0) is 13.0 Å². The largest absolute Gasteiger partial charge is 0.426 e. The van der Waals surface area contributed by atoms with Crippen LogP contribution in [0.2, 0.25) is 0 Å². The molecule has 0 aromatic rings. The van der Waals surface area contributed by atoms with E-state index in [1.807, 2.05) is 0 Å². The van der Waals surface area contributed by atoms with Gasteiger partial charge in [0.25, 0.3) is 0 Å². The zero-order valence-corrected chi connectivity index (χ0v) is 11.9. The van der Waals surface area contributed by atoms with Crippen molar-refractivity contribution in [3.63, 3.8) is 0 Å². The van der Waals surface area contributed by atoms with E-state index in [9.17, 15) is 26.4 Å². The molecule has 0 aromatic heterocycles. The molecule has 1 atom stereocenters. The first kappa shape index (κ1) is 17.4. The molecular weight excluding hydrogens is 293 g/mol. The van der Waals surface area contributed by atoms with E-state index < -0.39 is 37.5 Å². The highest BCUT2D eigenvalue weighted by molar-refractivity contribution is 7.91. The summed E-state index contributed by atoms with van der Waals surface area (Å²) in [7, 11) is -3.90. The van der Waals surface area contributed by atoms with E-state index in [0.717, 1.165) is 13.2 Å². The second kappa shape index (κ2) is 5.21. The van der Waals surface area contributed by atoms with Gasteiger partial charge in [-0.25, -0.2) is 8.42 Å². The van der Waals surface area contributed by atoms with Gasteiger partial charge in [0.15, 0.2) is 9.84 Å². The lowest BCUT2D eigenvalue weighted by Crippen LogP contribution is -2.40. The minimum Gasteiger partial charge on any atom is -0.299 e. The monoisotopic (exact) mass is 306 g/mol. The van der Waals surface area contributed by atoms with E-state index in [2.05, 4.69) is 0 Å². The molecule has 0 fully saturated rings. The molecule has 1 unspecified atom stereocenters. The summed E-state index contributed by atoms with van der Waals surface area (Å²) in [6.07, 6.45) is -3.70. The first-order valence-corrected chi connectivity index (χ1v) is 7.18. The van der Waals surface area contributed by atoms with Crippen LogP contribution in [0.3, 0.4) is 0 Å². The van der Waals surface area contributed by atoms with Crippen molar-refractivity contribution in [2.45, 2.75) is 32.2 Å². The summed E-state index contributed by atoms with van der Waals surface area (Å²) in [4.78, 5) is 11.4. The number of hydrogen-bond donors (Lipinski definition) is 0. The Bertz CT molecular complexity index is 463. The number of carbonyl (C=O) groups excluding carboxylic acids is 1. The fourth-order valence-electron chi connectivity index (χ4n) is 1.29. The van der Waals surface area contributed by atoms with Gasteiger partial charge in [0.1, 0.15) is 10.8 Å². The third-order valence-electron chi connectivity index (χ3n) is 2.65. The minimum absolute atomic E-state index is 0.373. The fourth-order valence-corrected chi connectivity index (χ4v) is 3.12. The maximum Gasteiger partial charge on any atom is 0.426 e. The van der Waals surface area contributed by atoms with Gasteiger partial charge in [-0.15, -0.1) is 0 Å². The summed E-state index contributed by atoms with van der Waals surface area (Å²) in [5.74, 6) is -0.541. The van der Waals surface area contributed by atoms with Crippen LogP contribution in [0, 0.1) is 5.41 Å². The molecule has 18 heavy (non-hydrogen) atoms. The van der Waals surface area contributed by atoms with E-state index in [0.29, 0.717) is 6.08 Å². The van der Waals surface area contributed by atoms with Crippen LogP contribution in [0.15, 0.2) is 11.1 Å². The molecule has 0 amide bonds. The van der Waals surface area contributed by atoms with E-state index in [1.54, 1.807) is 0 Å². The van der Waals surface area contributed by atoms with Crippen LogP contribution in [0.1, 0.15) is 20.8 Å². The Balaban J connectivity index is 5.81. The van der Waals surface area contributed by atoms with E-state index in [1.165, 1.54) is 13.8 Å². The number of hydrogen-bond acceptors (Lipinski definition) is 3. The average molecular weight is 307 g/mol. The number of sulfone groups is 1. The van der Waals surface area contributed by atoms with Gasteiger partial charge in [0.2, 0.25) is 0 Å². The third-order valence-corrected chi connectivity index (χ3v) is 4.64. The topological polar surface area (TPSA) is 51.2 Å². The predicted molar refractivity (Wildman–Crippen MR) is 63.1 cm³/mol. The SMILES string of the molecule is CC(=O)C(C)(C)C(/C=C(\Cl)C(F)(F)F)S(C)(=O)=O. The molecule has 0 aliphatic heterocycles. The Hall–Kier alpha value is -0.560. The highest BCUT2D eigenvalue weighted by atomic mass is 35.5. The van der Waals surface area contributed by atoms with Crippen LogP contribution in [0.5, 0.6) is 0 Å². The lowest BCUT2D eigenvalue weighted by atomic mass is 9.84. The van der Waals surface area contributed by atoms with Gasteiger partial charge in [-0.2, -0.15) is 13.2 Å². The molecule has 0 radical (unpaired) electrons. The van der Waals surface area contributed by atoms with Gasteiger partial charge >= 0.3 is 6.18 Å². The molecular formula is C10H14ClF3O3S. The standard InChI is InChI=1S/C10H14ClF3O3S/c1-6(15)9(2,3)8(18(4,16)17)5-7(11)10(12,13)14/h5,8H,1-4H3/b7-5-. The Morgan fingerprint density at radius 1 is 1.28 bits per heavy atom. The van der Waals surface area contributed by atoms with Gasteiger partial charge in [-0.3, -0.25) is 4.79 Å². The number of carbonyl (C=O) groups is 1. The second-order valence-corrected chi connectivity index (χ2v) is 7.11. The maximum absolute atomic E-state index is 12.3. The number of Topliss-reactive ketones (excluding diaryl/α,β-unsaturated/α-hetero) is 1. The van der Waals surface area contributed by atoms with Crippen molar-refractivity contribution in [2.24, 2.45) is 5.41 Å². The van der Waals surface area contributed by atoms with Crippen LogP contribution >= 0.6 is 11.6 Å². The molecule has 0 aliphatic carbocycles. The van der Waals surface area contributed by atoms with Crippen LogP contribution < -0.4 is 0 Å². The molecule has 0 heterocycles. The predicted octanol–water partition coefficient (Wildman–Crippen LogP) is 2.70. The summed E-state index contributed by atoms with van der Waals surface area (Å²) < 4.78 is 60.0. The van der Waals surface area contributed by atoms with E-state index in [-0.39, 0.29) is 0 Å². The lowest BCUT2D eigenvalue weighted by Gasteiger charge is -2.28. The first-order valence-electron chi connectivity index (χ1n) is 4.85. The second-order valence-electron chi connectivity index (χ2n) is 4.54. The van der Waals surface area contributed by atoms with Crippen molar-refractivity contribution in [1.82, 2.24) is 0 Å². The zero-order chi connectivity index (χ0) is 14.9. The molecule has 0 saturated heterocycles. The van der Waals surface area contributed by atoms with Gasteiger partial charge in [0, 0.05) is 11.7 Å². The Labute approximate surface area is 109 Å². The molecule has 0 saturated carbocycles. The van der Waals surface area contributed by atoms with Crippen LogP contribution in [0.25, 0.3) is 0 Å². The smallest absolute Gasteiger partial charge is 0.299 e. The van der Waals surface area contributed by atoms with Gasteiger partial charge in [0.05, 0.1) is 5.25 Å². The van der Waals surface area contributed by atoms with Crippen molar-refractivity contribution in [2.75, 3.05) is 6.26 Å². The number of ketones is 1.